The number of nitrogens with one attached hydrogen (secondary N) is 1. The van der Waals surface area contributed by atoms with Gasteiger partial charge in [0.15, 0.2) is 11.4 Å². The van der Waals surface area contributed by atoms with Crippen LogP contribution in [0.5, 0.6) is 0 Å². The van der Waals surface area contributed by atoms with Crippen molar-refractivity contribution in [2.45, 2.75) is 13.8 Å². The topological polar surface area (TPSA) is 84.2 Å². The minimum absolute atomic E-state index is 0.353. The Labute approximate surface area is 138 Å². The second-order valence-electron chi connectivity index (χ2n) is 4.85. The summed E-state index contributed by atoms with van der Waals surface area (Å²) in [5.74, 6) is 1.81. The van der Waals surface area contributed by atoms with Crippen LogP contribution in [0.4, 0.5) is 10.6 Å². The molecule has 8 heteroatoms. The monoisotopic (exact) mass is 329 g/mol. The van der Waals surface area contributed by atoms with Crippen LogP contribution in [0.25, 0.3) is 22.6 Å². The van der Waals surface area contributed by atoms with Gasteiger partial charge in [-0.2, -0.15) is 0 Å². The first-order valence-electron chi connectivity index (χ1n) is 7.05. The number of urea groups is 1. The normalized spacial score (nSPS) is 10.7. The third-order valence-electron chi connectivity index (χ3n) is 3.17. The van der Waals surface area contributed by atoms with Crippen molar-refractivity contribution < 1.29 is 9.21 Å². The molecular weight excluding hydrogens is 314 g/mol. The SMILES string of the molecule is CCN(S)C(=O)Nc1ccc2ncc(-c3ccc(C)o3)nc2n1. The maximum Gasteiger partial charge on any atom is 0.332 e. The molecule has 2 amide bonds. The zero-order valence-corrected chi connectivity index (χ0v) is 13.5. The molecule has 118 valence electrons. The van der Waals surface area contributed by atoms with E-state index in [1.165, 1.54) is 4.31 Å². The fourth-order valence-corrected chi connectivity index (χ4v) is 2.03. The largest absolute Gasteiger partial charge is 0.460 e. The lowest BCUT2D eigenvalue weighted by molar-refractivity contribution is 0.240. The molecule has 1 N–H and O–H groups in total. The molecule has 3 aromatic rings. The zero-order chi connectivity index (χ0) is 16.4. The average Bonchev–Trinajstić information content (AvgIpc) is 2.99. The van der Waals surface area contributed by atoms with Gasteiger partial charge in [-0.1, -0.05) is 12.8 Å². The van der Waals surface area contributed by atoms with Crippen LogP contribution >= 0.6 is 12.8 Å². The maximum absolute atomic E-state index is 11.8. The smallest absolute Gasteiger partial charge is 0.332 e. The molecular formula is C15H15N5O2S. The van der Waals surface area contributed by atoms with E-state index in [1.807, 2.05) is 26.0 Å². The lowest BCUT2D eigenvalue weighted by atomic mass is 10.3. The Bertz CT molecular complexity index is 864. The Morgan fingerprint density at radius 2 is 2.13 bits per heavy atom. The first kappa shape index (κ1) is 15.3. The van der Waals surface area contributed by atoms with E-state index in [0.29, 0.717) is 35.0 Å². The summed E-state index contributed by atoms with van der Waals surface area (Å²) in [4.78, 5) is 24.9. The van der Waals surface area contributed by atoms with Crippen LogP contribution in [-0.2, 0) is 0 Å². The lowest BCUT2D eigenvalue weighted by Gasteiger charge is -2.13. The zero-order valence-electron chi connectivity index (χ0n) is 12.6. The molecule has 0 aliphatic rings. The molecule has 0 aliphatic heterocycles. The highest BCUT2D eigenvalue weighted by Crippen LogP contribution is 2.21. The molecule has 0 aliphatic carbocycles. The number of hydrogen-bond donors (Lipinski definition) is 2. The molecule has 3 rings (SSSR count). The number of fused-ring (bicyclic) bond motifs is 1. The summed E-state index contributed by atoms with van der Waals surface area (Å²) in [6.45, 7) is 4.16. The van der Waals surface area contributed by atoms with E-state index in [9.17, 15) is 4.79 Å². The molecule has 0 aromatic carbocycles. The number of carbonyl (C=O) groups is 1. The number of anilines is 1. The van der Waals surface area contributed by atoms with E-state index in [1.54, 1.807) is 18.3 Å². The molecule has 3 aromatic heterocycles. The molecule has 0 atom stereocenters. The third kappa shape index (κ3) is 3.26. The van der Waals surface area contributed by atoms with Crippen LogP contribution in [0.1, 0.15) is 12.7 Å². The van der Waals surface area contributed by atoms with Crippen molar-refractivity contribution in [2.24, 2.45) is 0 Å². The summed E-state index contributed by atoms with van der Waals surface area (Å²) in [7, 11) is 0. The van der Waals surface area contributed by atoms with E-state index in [4.69, 9.17) is 4.42 Å². The highest BCUT2D eigenvalue weighted by Gasteiger charge is 2.11. The number of amides is 2. The lowest BCUT2D eigenvalue weighted by Crippen LogP contribution is -2.27. The summed E-state index contributed by atoms with van der Waals surface area (Å²) >= 11 is 4.05. The van der Waals surface area contributed by atoms with Gasteiger partial charge in [0.2, 0.25) is 0 Å². The summed E-state index contributed by atoms with van der Waals surface area (Å²) in [5, 5.41) is 2.66. The van der Waals surface area contributed by atoms with Gasteiger partial charge >= 0.3 is 6.03 Å². The first-order chi connectivity index (χ1) is 11.1. The number of carbonyl (C=O) groups excluding carboxylic acids is 1. The maximum atomic E-state index is 11.8. The Morgan fingerprint density at radius 3 is 2.83 bits per heavy atom. The van der Waals surface area contributed by atoms with Crippen molar-refractivity contribution in [1.82, 2.24) is 19.3 Å². The Kier molecular flexibility index (Phi) is 4.16. The van der Waals surface area contributed by atoms with Gasteiger partial charge in [-0.05, 0) is 38.1 Å². The fourth-order valence-electron chi connectivity index (χ4n) is 1.98. The average molecular weight is 329 g/mol. The van der Waals surface area contributed by atoms with Crippen molar-refractivity contribution in [3.63, 3.8) is 0 Å². The van der Waals surface area contributed by atoms with Crippen LogP contribution in [0.15, 0.2) is 34.9 Å². The molecule has 23 heavy (non-hydrogen) atoms. The number of thiol groups is 1. The van der Waals surface area contributed by atoms with Crippen LogP contribution in [-0.4, -0.2) is 31.8 Å². The Balaban J connectivity index is 1.93. The predicted molar refractivity (Wildman–Crippen MR) is 90.2 cm³/mol. The van der Waals surface area contributed by atoms with Crippen molar-refractivity contribution in [2.75, 3.05) is 11.9 Å². The number of hydrogen-bond acceptors (Lipinski definition) is 6. The molecule has 0 fully saturated rings. The standard InChI is InChI=1S/C15H15N5O2S/c1-3-20(23)15(21)19-13-7-5-10-14(18-13)17-11(8-16-10)12-6-4-9(2)22-12/h4-8,23H,3H2,1-2H3,(H,17,18,19,21). The van der Waals surface area contributed by atoms with E-state index in [2.05, 4.69) is 33.1 Å². The molecule has 0 bridgehead atoms. The summed E-state index contributed by atoms with van der Waals surface area (Å²) in [6, 6.07) is 6.75. The van der Waals surface area contributed by atoms with Gasteiger partial charge in [-0.15, -0.1) is 0 Å². The van der Waals surface area contributed by atoms with Crippen LogP contribution in [0, 0.1) is 6.92 Å². The number of furan rings is 1. The van der Waals surface area contributed by atoms with Gasteiger partial charge in [0.25, 0.3) is 0 Å². The fraction of sp³-hybridized carbons (Fsp3) is 0.200. The predicted octanol–water partition coefficient (Wildman–Crippen LogP) is 3.29. The number of aromatic nitrogens is 3. The van der Waals surface area contributed by atoms with Crippen LogP contribution in [0.3, 0.4) is 0 Å². The van der Waals surface area contributed by atoms with Gasteiger partial charge in [0.05, 0.1) is 6.20 Å². The number of pyridine rings is 1. The highest BCUT2D eigenvalue weighted by molar-refractivity contribution is 7.78. The van der Waals surface area contributed by atoms with Gasteiger partial charge in [-0.25, -0.2) is 14.8 Å². The van der Waals surface area contributed by atoms with Crippen molar-refractivity contribution in [1.29, 1.82) is 0 Å². The van der Waals surface area contributed by atoms with E-state index >= 15 is 0 Å². The molecule has 0 unspecified atom stereocenters. The molecule has 3 heterocycles. The van der Waals surface area contributed by atoms with Gasteiger partial charge in [0.1, 0.15) is 22.8 Å². The number of aryl methyl sites for hydroxylation is 1. The molecule has 0 radical (unpaired) electrons. The molecule has 7 nitrogen and oxygen atoms in total. The van der Waals surface area contributed by atoms with Crippen molar-refractivity contribution in [3.05, 3.63) is 36.2 Å². The molecule has 0 spiro atoms. The Morgan fingerprint density at radius 1 is 1.30 bits per heavy atom. The van der Waals surface area contributed by atoms with E-state index < -0.39 is 0 Å². The van der Waals surface area contributed by atoms with Gasteiger partial charge in [0, 0.05) is 6.54 Å². The number of rotatable bonds is 3. The number of nitrogens with zero attached hydrogens (tertiary/aromatic N) is 4. The third-order valence-corrected chi connectivity index (χ3v) is 3.63. The van der Waals surface area contributed by atoms with Crippen LogP contribution < -0.4 is 5.32 Å². The van der Waals surface area contributed by atoms with Crippen molar-refractivity contribution >= 4 is 35.8 Å². The second-order valence-corrected chi connectivity index (χ2v) is 5.33. The minimum atomic E-state index is -0.353. The van der Waals surface area contributed by atoms with Crippen LogP contribution in [0.2, 0.25) is 0 Å². The molecule has 0 saturated heterocycles. The Hall–Kier alpha value is -2.61. The summed E-state index contributed by atoms with van der Waals surface area (Å²) < 4.78 is 6.79. The summed E-state index contributed by atoms with van der Waals surface area (Å²) in [5.41, 5.74) is 1.65. The quantitative estimate of drug-likeness (QED) is 0.720. The second kappa shape index (κ2) is 6.25. The highest BCUT2D eigenvalue weighted by atomic mass is 32.1. The van der Waals surface area contributed by atoms with E-state index in [0.717, 1.165) is 5.76 Å². The van der Waals surface area contributed by atoms with Gasteiger partial charge in [-0.3, -0.25) is 14.6 Å². The van der Waals surface area contributed by atoms with E-state index in [-0.39, 0.29) is 6.03 Å². The van der Waals surface area contributed by atoms with Crippen molar-refractivity contribution in [3.8, 4) is 11.5 Å². The minimum Gasteiger partial charge on any atom is -0.460 e. The molecule has 0 saturated carbocycles. The first-order valence-corrected chi connectivity index (χ1v) is 7.45. The van der Waals surface area contributed by atoms with Gasteiger partial charge < -0.3 is 4.42 Å². The summed E-state index contributed by atoms with van der Waals surface area (Å²) in [6.07, 6.45) is 1.63.